The van der Waals surface area contributed by atoms with E-state index in [-0.39, 0.29) is 11.9 Å². The largest absolute Gasteiger partial charge is 0.448 e. The van der Waals surface area contributed by atoms with Crippen LogP contribution in [-0.4, -0.2) is 48.6 Å². The van der Waals surface area contributed by atoms with E-state index in [1.165, 1.54) is 5.69 Å². The standard InChI is InChI=1S/C20H26N2O3/c1-18(2)19(3)9-10-20(18,25-17(19)24)16(23)22-13-11-21(12-14-22)15-7-5-4-6-8-15/h4-8H,9-14H2,1-3H3. The molecule has 134 valence electrons. The number of piperazine rings is 1. The predicted molar refractivity (Wildman–Crippen MR) is 95.2 cm³/mol. The second-order valence-electron chi connectivity index (χ2n) is 8.29. The molecular weight excluding hydrogens is 316 g/mol. The number of carbonyl (C=O) groups excluding carboxylic acids is 2. The Kier molecular flexibility index (Phi) is 3.44. The van der Waals surface area contributed by atoms with Crippen LogP contribution in [0.4, 0.5) is 5.69 Å². The minimum Gasteiger partial charge on any atom is -0.448 e. The number of amides is 1. The fourth-order valence-electron chi connectivity index (χ4n) is 4.78. The van der Waals surface area contributed by atoms with E-state index in [4.69, 9.17) is 4.74 Å². The molecule has 2 atom stereocenters. The van der Waals surface area contributed by atoms with Gasteiger partial charge in [-0.1, -0.05) is 32.0 Å². The topological polar surface area (TPSA) is 49.9 Å². The van der Waals surface area contributed by atoms with Crippen LogP contribution in [0.1, 0.15) is 33.6 Å². The Morgan fingerprint density at radius 2 is 1.64 bits per heavy atom. The molecule has 5 heteroatoms. The van der Waals surface area contributed by atoms with Crippen LogP contribution in [-0.2, 0) is 14.3 Å². The number of carbonyl (C=O) groups is 2. The summed E-state index contributed by atoms with van der Waals surface area (Å²) in [5.41, 5.74) is -0.804. The minimum atomic E-state index is -0.978. The molecule has 0 N–H and O–H groups in total. The molecule has 1 aliphatic carbocycles. The molecular formula is C20H26N2O3. The van der Waals surface area contributed by atoms with Crippen LogP contribution in [0.5, 0.6) is 0 Å². The van der Waals surface area contributed by atoms with Gasteiger partial charge in [0.05, 0.1) is 5.41 Å². The van der Waals surface area contributed by atoms with Crippen LogP contribution in [0.2, 0.25) is 0 Å². The third kappa shape index (κ3) is 2.01. The van der Waals surface area contributed by atoms with Gasteiger partial charge < -0.3 is 14.5 Å². The Morgan fingerprint density at radius 1 is 1.00 bits per heavy atom. The summed E-state index contributed by atoms with van der Waals surface area (Å²) in [6.45, 7) is 8.92. The zero-order valence-electron chi connectivity index (χ0n) is 15.2. The highest BCUT2D eigenvalue weighted by Gasteiger charge is 2.76. The Labute approximate surface area is 148 Å². The molecule has 0 aromatic heterocycles. The van der Waals surface area contributed by atoms with E-state index in [9.17, 15) is 9.59 Å². The van der Waals surface area contributed by atoms with Crippen LogP contribution in [0.25, 0.3) is 0 Å². The number of ether oxygens (including phenoxy) is 1. The lowest BCUT2D eigenvalue weighted by molar-refractivity contribution is -0.174. The van der Waals surface area contributed by atoms with E-state index in [2.05, 4.69) is 17.0 Å². The van der Waals surface area contributed by atoms with Crippen molar-refractivity contribution < 1.29 is 14.3 Å². The molecule has 0 spiro atoms. The number of hydrogen-bond acceptors (Lipinski definition) is 4. The molecule has 0 radical (unpaired) electrons. The smallest absolute Gasteiger partial charge is 0.313 e. The van der Waals surface area contributed by atoms with Crippen molar-refractivity contribution in [2.75, 3.05) is 31.1 Å². The molecule has 1 saturated carbocycles. The van der Waals surface area contributed by atoms with Crippen molar-refractivity contribution in [1.82, 2.24) is 4.90 Å². The summed E-state index contributed by atoms with van der Waals surface area (Å²) in [6.07, 6.45) is 1.37. The number of nitrogens with zero attached hydrogens (tertiary/aromatic N) is 2. The van der Waals surface area contributed by atoms with Crippen molar-refractivity contribution in [3.05, 3.63) is 30.3 Å². The number of benzene rings is 1. The van der Waals surface area contributed by atoms with Crippen molar-refractivity contribution in [3.63, 3.8) is 0 Å². The van der Waals surface area contributed by atoms with Gasteiger partial charge >= 0.3 is 5.97 Å². The summed E-state index contributed by atoms with van der Waals surface area (Å²) in [5.74, 6) is -0.209. The first-order chi connectivity index (χ1) is 11.8. The maximum atomic E-state index is 13.4. The first kappa shape index (κ1) is 16.4. The lowest BCUT2D eigenvalue weighted by atomic mass is 9.66. The monoisotopic (exact) mass is 342 g/mol. The van der Waals surface area contributed by atoms with E-state index in [0.717, 1.165) is 19.5 Å². The second-order valence-corrected chi connectivity index (χ2v) is 8.29. The molecule has 5 nitrogen and oxygen atoms in total. The van der Waals surface area contributed by atoms with E-state index >= 15 is 0 Å². The number of hydrogen-bond donors (Lipinski definition) is 0. The third-order valence-electron chi connectivity index (χ3n) is 7.12. The first-order valence-electron chi connectivity index (χ1n) is 9.15. The van der Waals surface area contributed by atoms with Crippen molar-refractivity contribution in [3.8, 4) is 0 Å². The molecule has 2 bridgehead atoms. The summed E-state index contributed by atoms with van der Waals surface area (Å²) in [6, 6.07) is 10.3. The van der Waals surface area contributed by atoms with Gasteiger partial charge in [-0.2, -0.15) is 0 Å². The molecule has 2 saturated heterocycles. The van der Waals surface area contributed by atoms with Gasteiger partial charge in [0.2, 0.25) is 0 Å². The third-order valence-corrected chi connectivity index (χ3v) is 7.12. The highest BCUT2D eigenvalue weighted by molar-refractivity contribution is 5.96. The molecule has 25 heavy (non-hydrogen) atoms. The van der Waals surface area contributed by atoms with Gasteiger partial charge in [0.15, 0.2) is 5.60 Å². The van der Waals surface area contributed by atoms with E-state index < -0.39 is 16.4 Å². The Hall–Kier alpha value is -2.04. The van der Waals surface area contributed by atoms with Gasteiger partial charge in [-0.15, -0.1) is 0 Å². The van der Waals surface area contributed by atoms with Gasteiger partial charge in [-0.05, 0) is 31.9 Å². The summed E-state index contributed by atoms with van der Waals surface area (Å²) < 4.78 is 5.75. The molecule has 2 heterocycles. The maximum Gasteiger partial charge on any atom is 0.313 e. The molecule has 3 aliphatic rings. The van der Waals surface area contributed by atoms with Crippen LogP contribution in [0.15, 0.2) is 30.3 Å². The van der Waals surface area contributed by atoms with Crippen LogP contribution >= 0.6 is 0 Å². The van der Waals surface area contributed by atoms with Crippen molar-refractivity contribution in [1.29, 1.82) is 0 Å². The van der Waals surface area contributed by atoms with E-state index in [1.54, 1.807) is 0 Å². The Bertz CT molecular complexity index is 709. The van der Waals surface area contributed by atoms with Crippen LogP contribution in [0, 0.1) is 10.8 Å². The summed E-state index contributed by atoms with van der Waals surface area (Å²) >= 11 is 0. The normalized spacial score (nSPS) is 33.5. The van der Waals surface area contributed by atoms with Gasteiger partial charge in [-0.25, -0.2) is 0 Å². The van der Waals surface area contributed by atoms with Crippen molar-refractivity contribution in [2.24, 2.45) is 10.8 Å². The maximum absolute atomic E-state index is 13.4. The fourth-order valence-corrected chi connectivity index (χ4v) is 4.78. The number of para-hydroxylation sites is 1. The summed E-state index contributed by atoms with van der Waals surface area (Å²) in [7, 11) is 0. The van der Waals surface area contributed by atoms with Gasteiger partial charge in [-0.3, -0.25) is 9.59 Å². The Balaban J connectivity index is 1.51. The summed E-state index contributed by atoms with van der Waals surface area (Å²) in [4.78, 5) is 30.0. The SMILES string of the molecule is CC12CCC(C(=O)N3CCN(c4ccccc4)CC3)(OC1=O)C2(C)C. The predicted octanol–water partition coefficient (Wildman–Crippen LogP) is 2.46. The van der Waals surface area contributed by atoms with E-state index in [0.29, 0.717) is 19.5 Å². The number of esters is 1. The molecule has 1 amide bonds. The molecule has 3 fully saturated rings. The molecule has 2 unspecified atom stereocenters. The zero-order valence-corrected chi connectivity index (χ0v) is 15.2. The number of fused-ring (bicyclic) bond motifs is 2. The first-order valence-corrected chi connectivity index (χ1v) is 9.15. The van der Waals surface area contributed by atoms with E-state index in [1.807, 2.05) is 43.9 Å². The second kappa shape index (κ2) is 5.23. The quantitative estimate of drug-likeness (QED) is 0.775. The average molecular weight is 342 g/mol. The molecule has 4 rings (SSSR count). The zero-order chi connectivity index (χ0) is 17.9. The highest BCUT2D eigenvalue weighted by Crippen LogP contribution is 2.65. The average Bonchev–Trinajstić information content (AvgIpc) is 2.92. The summed E-state index contributed by atoms with van der Waals surface area (Å²) in [5, 5.41) is 0. The van der Waals surface area contributed by atoms with Gasteiger partial charge in [0, 0.05) is 37.3 Å². The fraction of sp³-hybridized carbons (Fsp3) is 0.600. The molecule has 2 aliphatic heterocycles. The Morgan fingerprint density at radius 3 is 2.16 bits per heavy atom. The minimum absolute atomic E-state index is 0.000198. The van der Waals surface area contributed by atoms with Gasteiger partial charge in [0.25, 0.3) is 5.91 Å². The molecule has 1 aromatic carbocycles. The van der Waals surface area contributed by atoms with Crippen LogP contribution in [0.3, 0.4) is 0 Å². The van der Waals surface area contributed by atoms with Crippen molar-refractivity contribution >= 4 is 17.6 Å². The number of anilines is 1. The van der Waals surface area contributed by atoms with Crippen molar-refractivity contribution in [2.45, 2.75) is 39.2 Å². The van der Waals surface area contributed by atoms with Gasteiger partial charge in [0.1, 0.15) is 0 Å². The van der Waals surface area contributed by atoms with Crippen LogP contribution < -0.4 is 4.90 Å². The highest BCUT2D eigenvalue weighted by atomic mass is 16.6. The molecule has 1 aromatic rings. The number of rotatable bonds is 2. The lowest BCUT2D eigenvalue weighted by Crippen LogP contribution is -2.59. The lowest BCUT2D eigenvalue weighted by Gasteiger charge is -2.42.